The number of nitrogens with two attached hydrogens (primary N) is 1. The zero-order valence-corrected chi connectivity index (χ0v) is 16.5. The number of methoxy groups -OCH3 is 1. The third-order valence-corrected chi connectivity index (χ3v) is 4.83. The molecule has 4 aromatic rings. The molecule has 2 aromatic carbocycles. The van der Waals surface area contributed by atoms with E-state index in [9.17, 15) is 5.11 Å². The lowest BCUT2D eigenvalue weighted by Gasteiger charge is -2.25. The molecule has 0 aliphatic rings. The first-order chi connectivity index (χ1) is 14.7. The highest BCUT2D eigenvalue weighted by Crippen LogP contribution is 2.35. The molecule has 0 unspecified atom stereocenters. The van der Waals surface area contributed by atoms with Gasteiger partial charge in [0.2, 0.25) is 0 Å². The van der Waals surface area contributed by atoms with E-state index in [1.165, 1.54) is 0 Å². The van der Waals surface area contributed by atoms with Crippen LogP contribution in [0.3, 0.4) is 0 Å². The second-order valence-corrected chi connectivity index (χ2v) is 6.77. The zero-order chi connectivity index (χ0) is 20.9. The van der Waals surface area contributed by atoms with Crippen LogP contribution < -0.4 is 10.5 Å². The first-order valence-corrected chi connectivity index (χ1v) is 9.58. The highest BCUT2D eigenvalue weighted by molar-refractivity contribution is 5.82. The normalized spacial score (nSPS) is 13.3. The summed E-state index contributed by atoms with van der Waals surface area (Å²) in [5.74, 6) is 0.215. The first-order valence-electron chi connectivity index (χ1n) is 9.58. The summed E-state index contributed by atoms with van der Waals surface area (Å²) in [5.41, 5.74) is 8.73. The van der Waals surface area contributed by atoms with E-state index in [-0.39, 0.29) is 11.8 Å². The van der Waals surface area contributed by atoms with Gasteiger partial charge in [-0.2, -0.15) is 9.97 Å². The highest BCUT2D eigenvalue weighted by Gasteiger charge is 2.27. The SMILES string of the molecule is COCCOc1nc(N)c2ncn([C@H](c3ccccc3)[C@H](O)c3ccccc3)c2n1. The first kappa shape index (κ1) is 19.8. The Balaban J connectivity index is 1.82. The van der Waals surface area contributed by atoms with E-state index in [1.54, 1.807) is 13.4 Å². The molecule has 0 radical (unpaired) electrons. The number of aromatic nitrogens is 4. The lowest BCUT2D eigenvalue weighted by atomic mass is 9.95. The van der Waals surface area contributed by atoms with Crippen LogP contribution in [0, 0.1) is 0 Å². The molecule has 0 bridgehead atoms. The van der Waals surface area contributed by atoms with Gasteiger partial charge >= 0.3 is 6.01 Å². The molecule has 2 atom stereocenters. The molecule has 0 aliphatic heterocycles. The van der Waals surface area contributed by atoms with Crippen LogP contribution in [0.25, 0.3) is 11.2 Å². The van der Waals surface area contributed by atoms with Crippen LogP contribution >= 0.6 is 0 Å². The predicted octanol–water partition coefficient (Wildman–Crippen LogP) is 2.76. The van der Waals surface area contributed by atoms with Crippen LogP contribution in [0.4, 0.5) is 5.82 Å². The van der Waals surface area contributed by atoms with Crippen LogP contribution in [0.1, 0.15) is 23.3 Å². The van der Waals surface area contributed by atoms with E-state index in [4.69, 9.17) is 15.2 Å². The fourth-order valence-corrected chi connectivity index (χ4v) is 3.38. The van der Waals surface area contributed by atoms with Crippen LogP contribution in [-0.4, -0.2) is 44.9 Å². The van der Waals surface area contributed by atoms with Crippen molar-refractivity contribution in [2.45, 2.75) is 12.1 Å². The zero-order valence-electron chi connectivity index (χ0n) is 16.5. The minimum atomic E-state index is -0.833. The molecule has 0 saturated carbocycles. The van der Waals surface area contributed by atoms with Crippen LogP contribution in [0.5, 0.6) is 6.01 Å². The summed E-state index contributed by atoms with van der Waals surface area (Å²) in [6, 6.07) is 18.9. The Morgan fingerprint density at radius 2 is 1.63 bits per heavy atom. The molecule has 4 rings (SSSR count). The average Bonchev–Trinajstić information content (AvgIpc) is 3.20. The smallest absolute Gasteiger partial charge is 0.320 e. The molecule has 0 fully saturated rings. The van der Waals surface area contributed by atoms with E-state index >= 15 is 0 Å². The number of aliphatic hydroxyl groups excluding tert-OH is 1. The quantitative estimate of drug-likeness (QED) is 0.434. The third-order valence-electron chi connectivity index (χ3n) is 4.83. The average molecular weight is 405 g/mol. The van der Waals surface area contributed by atoms with Gasteiger partial charge in [0.1, 0.15) is 12.7 Å². The lowest BCUT2D eigenvalue weighted by Crippen LogP contribution is -2.19. The number of ether oxygens (including phenoxy) is 2. The number of nitrogens with zero attached hydrogens (tertiary/aromatic N) is 4. The lowest BCUT2D eigenvalue weighted by molar-refractivity contribution is 0.132. The summed E-state index contributed by atoms with van der Waals surface area (Å²) in [4.78, 5) is 13.1. The molecule has 8 heteroatoms. The molecule has 0 saturated heterocycles. The summed E-state index contributed by atoms with van der Waals surface area (Å²) < 4.78 is 12.4. The number of hydrogen-bond acceptors (Lipinski definition) is 7. The van der Waals surface area contributed by atoms with Gasteiger partial charge in [0.25, 0.3) is 0 Å². The summed E-state index contributed by atoms with van der Waals surface area (Å²) in [6.45, 7) is 0.699. The van der Waals surface area contributed by atoms with Gasteiger partial charge in [0.05, 0.1) is 19.0 Å². The van der Waals surface area contributed by atoms with E-state index in [0.29, 0.717) is 24.4 Å². The van der Waals surface area contributed by atoms with Crippen molar-refractivity contribution >= 4 is 17.0 Å². The van der Waals surface area contributed by atoms with E-state index in [2.05, 4.69) is 15.0 Å². The Bertz CT molecular complexity index is 1100. The number of benzene rings is 2. The largest absolute Gasteiger partial charge is 0.461 e. The maximum atomic E-state index is 11.3. The molecule has 2 heterocycles. The molecule has 30 heavy (non-hydrogen) atoms. The van der Waals surface area contributed by atoms with Gasteiger partial charge in [-0.25, -0.2) is 4.98 Å². The van der Waals surface area contributed by atoms with Gasteiger partial charge < -0.3 is 24.9 Å². The van der Waals surface area contributed by atoms with E-state index < -0.39 is 12.1 Å². The topological polar surface area (TPSA) is 108 Å². The molecule has 8 nitrogen and oxygen atoms in total. The minimum Gasteiger partial charge on any atom is -0.461 e. The molecule has 0 spiro atoms. The standard InChI is InChI=1S/C22H23N5O3/c1-29-12-13-30-22-25-20(23)17-21(26-22)27(14-24-17)18(15-8-4-2-5-9-15)19(28)16-10-6-3-7-11-16/h2-11,14,18-19,28H,12-13H2,1H3,(H2,23,25,26)/t18-,19-/m1/s1. The Hall–Kier alpha value is -3.49. The van der Waals surface area contributed by atoms with Crippen molar-refractivity contribution in [1.82, 2.24) is 19.5 Å². The summed E-state index contributed by atoms with van der Waals surface area (Å²) in [7, 11) is 1.59. The van der Waals surface area contributed by atoms with Gasteiger partial charge in [0.15, 0.2) is 17.0 Å². The van der Waals surface area contributed by atoms with Gasteiger partial charge in [-0.15, -0.1) is 0 Å². The third kappa shape index (κ3) is 3.96. The number of aliphatic hydroxyl groups is 1. The monoisotopic (exact) mass is 405 g/mol. The van der Waals surface area contributed by atoms with Gasteiger partial charge in [-0.05, 0) is 11.1 Å². The molecule has 3 N–H and O–H groups in total. The minimum absolute atomic E-state index is 0.139. The number of rotatable bonds is 8. The van der Waals surface area contributed by atoms with Crippen LogP contribution in [0.2, 0.25) is 0 Å². The Morgan fingerprint density at radius 1 is 0.967 bits per heavy atom. The molecular formula is C22H23N5O3. The van der Waals surface area contributed by atoms with E-state index in [0.717, 1.165) is 11.1 Å². The molecule has 2 aromatic heterocycles. The van der Waals surface area contributed by atoms with Crippen LogP contribution in [-0.2, 0) is 4.74 Å². The highest BCUT2D eigenvalue weighted by atomic mass is 16.5. The number of anilines is 1. The molecule has 154 valence electrons. The maximum absolute atomic E-state index is 11.3. The number of fused-ring (bicyclic) bond motifs is 1. The van der Waals surface area contributed by atoms with Crippen molar-refractivity contribution in [3.63, 3.8) is 0 Å². The molecule has 0 amide bonds. The summed E-state index contributed by atoms with van der Waals surface area (Å²) >= 11 is 0. The second kappa shape index (κ2) is 8.89. The second-order valence-electron chi connectivity index (χ2n) is 6.77. The number of hydrogen-bond donors (Lipinski definition) is 2. The number of nitrogen functional groups attached to an aromatic ring is 1. The summed E-state index contributed by atoms with van der Waals surface area (Å²) in [6.07, 6.45) is 0.790. The van der Waals surface area contributed by atoms with Crippen molar-refractivity contribution < 1.29 is 14.6 Å². The van der Waals surface area contributed by atoms with E-state index in [1.807, 2.05) is 65.2 Å². The Labute approximate surface area is 173 Å². The van der Waals surface area contributed by atoms with Gasteiger partial charge in [-0.1, -0.05) is 60.7 Å². The van der Waals surface area contributed by atoms with Crippen LogP contribution in [0.15, 0.2) is 67.0 Å². The van der Waals surface area contributed by atoms with Crippen molar-refractivity contribution in [2.75, 3.05) is 26.1 Å². The van der Waals surface area contributed by atoms with Crippen molar-refractivity contribution in [2.24, 2.45) is 0 Å². The Kier molecular flexibility index (Phi) is 5.87. The molecular weight excluding hydrogens is 382 g/mol. The summed E-state index contributed by atoms with van der Waals surface area (Å²) in [5, 5.41) is 11.3. The fraction of sp³-hybridized carbons (Fsp3) is 0.227. The Morgan fingerprint density at radius 3 is 2.30 bits per heavy atom. The maximum Gasteiger partial charge on any atom is 0.320 e. The van der Waals surface area contributed by atoms with Crippen molar-refractivity contribution in [3.8, 4) is 6.01 Å². The molecule has 0 aliphatic carbocycles. The fourth-order valence-electron chi connectivity index (χ4n) is 3.38. The van der Waals surface area contributed by atoms with Crippen molar-refractivity contribution in [1.29, 1.82) is 0 Å². The van der Waals surface area contributed by atoms with Gasteiger partial charge in [0, 0.05) is 7.11 Å². The predicted molar refractivity (Wildman–Crippen MR) is 113 cm³/mol. The number of imidazole rings is 1. The van der Waals surface area contributed by atoms with Gasteiger partial charge in [-0.3, -0.25) is 0 Å². The van der Waals surface area contributed by atoms with Crippen molar-refractivity contribution in [3.05, 3.63) is 78.1 Å².